The van der Waals surface area contributed by atoms with Gasteiger partial charge in [0.25, 0.3) is 5.69 Å². The second kappa shape index (κ2) is 4.85. The first kappa shape index (κ1) is 13.5. The van der Waals surface area contributed by atoms with Crippen molar-refractivity contribution in [2.75, 3.05) is 0 Å². The Hall–Kier alpha value is -0.470. The fraction of sp³-hybridized carbons (Fsp3) is 0. The molecule has 1 aromatic carbocycles. The molecule has 0 aromatic heterocycles. The van der Waals surface area contributed by atoms with Crippen molar-refractivity contribution in [1.82, 2.24) is 0 Å². The van der Waals surface area contributed by atoms with Crippen molar-refractivity contribution in [3.05, 3.63) is 34.4 Å². The van der Waals surface area contributed by atoms with E-state index in [0.717, 1.165) is 24.3 Å². The molecule has 0 saturated carbocycles. The molecule has 0 unspecified atom stereocenters. The Labute approximate surface area is 103 Å². The minimum atomic E-state index is -3.77. The van der Waals surface area contributed by atoms with Crippen LogP contribution in [0.3, 0.4) is 0 Å². The zero-order valence-electron chi connectivity index (χ0n) is 7.38. The molecule has 14 heavy (non-hydrogen) atoms. The SMILES string of the molecule is NS(=O)(=O)c1ccc([N+](=O)[O-])cc1.[Na+]. The number of nitrogens with two attached hydrogens (primary N) is 1. The number of hydrogen-bond donors (Lipinski definition) is 1. The molecule has 0 atom stereocenters. The number of primary sulfonamides is 1. The molecule has 0 radical (unpaired) electrons. The van der Waals surface area contributed by atoms with E-state index in [2.05, 4.69) is 0 Å². The molecule has 0 aliphatic heterocycles. The second-order valence-electron chi connectivity index (χ2n) is 2.30. The first-order valence-corrected chi connectivity index (χ1v) is 4.73. The van der Waals surface area contributed by atoms with Crippen molar-refractivity contribution in [2.24, 2.45) is 5.14 Å². The van der Waals surface area contributed by atoms with Gasteiger partial charge in [0.15, 0.2) is 0 Å². The van der Waals surface area contributed by atoms with Crippen molar-refractivity contribution in [3.63, 3.8) is 0 Å². The molecule has 8 heteroatoms. The monoisotopic (exact) mass is 225 g/mol. The first-order valence-electron chi connectivity index (χ1n) is 3.18. The van der Waals surface area contributed by atoms with Crippen LogP contribution in [-0.4, -0.2) is 13.3 Å². The average molecular weight is 225 g/mol. The summed E-state index contributed by atoms with van der Waals surface area (Å²) in [6.07, 6.45) is 0. The molecule has 0 heterocycles. The molecule has 1 aromatic rings. The van der Waals surface area contributed by atoms with Gasteiger partial charge in [-0.05, 0) is 12.1 Å². The third-order valence-electron chi connectivity index (χ3n) is 1.38. The maximum atomic E-state index is 10.7. The standard InChI is InChI=1S/C6H6N2O4S.Na/c7-13(11,12)6-3-1-5(2-4-6)8(9)10;/h1-4H,(H2,7,11,12);/q;+1. The van der Waals surface area contributed by atoms with E-state index in [9.17, 15) is 18.5 Å². The number of nitro groups is 1. The zero-order valence-corrected chi connectivity index (χ0v) is 10.2. The van der Waals surface area contributed by atoms with Gasteiger partial charge in [-0.1, -0.05) is 0 Å². The van der Waals surface area contributed by atoms with Gasteiger partial charge in [-0.2, -0.15) is 0 Å². The van der Waals surface area contributed by atoms with Crippen LogP contribution in [0.5, 0.6) is 0 Å². The van der Waals surface area contributed by atoms with E-state index in [1.165, 1.54) is 0 Å². The number of sulfonamides is 1. The van der Waals surface area contributed by atoms with Gasteiger partial charge in [-0.3, -0.25) is 10.1 Å². The smallest absolute Gasteiger partial charge is 0.258 e. The number of benzene rings is 1. The Bertz CT molecular complexity index is 428. The third kappa shape index (κ3) is 3.35. The Balaban J connectivity index is 0.00000169. The fourth-order valence-electron chi connectivity index (χ4n) is 0.758. The Morgan fingerprint density at radius 2 is 1.64 bits per heavy atom. The van der Waals surface area contributed by atoms with Crippen LogP contribution in [0, 0.1) is 10.1 Å². The van der Waals surface area contributed by atoms with E-state index in [1.807, 2.05) is 0 Å². The van der Waals surface area contributed by atoms with Crippen LogP contribution in [0.2, 0.25) is 0 Å². The van der Waals surface area contributed by atoms with Gasteiger partial charge in [0.05, 0.1) is 9.82 Å². The predicted molar refractivity (Wildman–Crippen MR) is 44.5 cm³/mol. The Morgan fingerprint density at radius 1 is 1.21 bits per heavy atom. The van der Waals surface area contributed by atoms with Crippen molar-refractivity contribution in [1.29, 1.82) is 0 Å². The quantitative estimate of drug-likeness (QED) is 0.334. The van der Waals surface area contributed by atoms with Crippen LogP contribution < -0.4 is 34.7 Å². The summed E-state index contributed by atoms with van der Waals surface area (Å²) >= 11 is 0. The summed E-state index contributed by atoms with van der Waals surface area (Å²) < 4.78 is 21.4. The second-order valence-corrected chi connectivity index (χ2v) is 3.86. The molecule has 2 N–H and O–H groups in total. The first-order chi connectivity index (χ1) is 5.91. The Kier molecular flexibility index (Phi) is 4.69. The summed E-state index contributed by atoms with van der Waals surface area (Å²) in [6.45, 7) is 0. The molecular formula is C6H6N2NaO4S+. The summed E-state index contributed by atoms with van der Waals surface area (Å²) in [5.41, 5.74) is -0.174. The number of hydrogen-bond acceptors (Lipinski definition) is 4. The molecule has 0 spiro atoms. The van der Waals surface area contributed by atoms with Gasteiger partial charge >= 0.3 is 29.6 Å². The van der Waals surface area contributed by atoms with Crippen molar-refractivity contribution in [2.45, 2.75) is 4.90 Å². The maximum absolute atomic E-state index is 10.7. The molecule has 0 aliphatic carbocycles. The summed E-state index contributed by atoms with van der Waals surface area (Å²) in [5.74, 6) is 0. The largest absolute Gasteiger partial charge is 1.00 e. The van der Waals surface area contributed by atoms with Crippen molar-refractivity contribution in [3.8, 4) is 0 Å². The minimum Gasteiger partial charge on any atom is -0.258 e. The molecule has 6 nitrogen and oxygen atoms in total. The molecule has 0 fully saturated rings. The van der Waals surface area contributed by atoms with E-state index < -0.39 is 14.9 Å². The molecule has 70 valence electrons. The molecule has 0 amide bonds. The van der Waals surface area contributed by atoms with E-state index in [4.69, 9.17) is 5.14 Å². The summed E-state index contributed by atoms with van der Waals surface area (Å²) in [5, 5.41) is 15.0. The van der Waals surface area contributed by atoms with E-state index in [-0.39, 0.29) is 40.1 Å². The molecule has 0 aliphatic rings. The van der Waals surface area contributed by atoms with Crippen LogP contribution in [0.25, 0.3) is 0 Å². The maximum Gasteiger partial charge on any atom is 1.00 e. The number of non-ortho nitro benzene ring substituents is 1. The van der Waals surface area contributed by atoms with Crippen molar-refractivity contribution >= 4 is 15.7 Å². The van der Waals surface area contributed by atoms with Crippen LogP contribution in [0.4, 0.5) is 5.69 Å². The number of nitro benzene ring substituents is 1. The van der Waals surface area contributed by atoms with Crippen LogP contribution >= 0.6 is 0 Å². The average Bonchev–Trinajstić information content (AvgIpc) is 2.03. The minimum absolute atomic E-state index is 0. The summed E-state index contributed by atoms with van der Waals surface area (Å²) in [4.78, 5) is 9.43. The number of rotatable bonds is 2. The topological polar surface area (TPSA) is 103 Å². The molecule has 0 saturated heterocycles. The van der Waals surface area contributed by atoms with E-state index in [1.54, 1.807) is 0 Å². The van der Waals surface area contributed by atoms with Gasteiger partial charge in [-0.25, -0.2) is 13.6 Å². The van der Waals surface area contributed by atoms with Gasteiger partial charge in [-0.15, -0.1) is 0 Å². The van der Waals surface area contributed by atoms with Crippen LogP contribution in [0.15, 0.2) is 29.2 Å². The molecule has 0 bridgehead atoms. The Morgan fingerprint density at radius 3 is 1.93 bits per heavy atom. The predicted octanol–water partition coefficient (Wildman–Crippen LogP) is -2.75. The van der Waals surface area contributed by atoms with E-state index in [0.29, 0.717) is 0 Å². The summed E-state index contributed by atoms with van der Waals surface area (Å²) in [7, 11) is -3.77. The summed E-state index contributed by atoms with van der Waals surface area (Å²) in [6, 6.07) is 4.35. The third-order valence-corrected chi connectivity index (χ3v) is 2.31. The van der Waals surface area contributed by atoms with Gasteiger partial charge in [0.1, 0.15) is 0 Å². The normalized spacial score (nSPS) is 10.4. The molecule has 1 rings (SSSR count). The number of nitrogens with zero attached hydrogens (tertiary/aromatic N) is 1. The van der Waals surface area contributed by atoms with Crippen LogP contribution in [0.1, 0.15) is 0 Å². The van der Waals surface area contributed by atoms with Crippen molar-refractivity contribution < 1.29 is 42.9 Å². The van der Waals surface area contributed by atoms with Crippen LogP contribution in [-0.2, 0) is 10.0 Å². The fourth-order valence-corrected chi connectivity index (χ4v) is 1.27. The van der Waals surface area contributed by atoms with Gasteiger partial charge in [0.2, 0.25) is 10.0 Å². The molecular weight excluding hydrogens is 219 g/mol. The van der Waals surface area contributed by atoms with Gasteiger partial charge < -0.3 is 0 Å². The van der Waals surface area contributed by atoms with E-state index >= 15 is 0 Å². The zero-order chi connectivity index (χ0) is 10.1. The van der Waals surface area contributed by atoms with Gasteiger partial charge in [0, 0.05) is 12.1 Å².